The molecule has 6 nitrogen and oxygen atoms in total. The average molecular weight is 247 g/mol. The lowest BCUT2D eigenvalue weighted by Crippen LogP contribution is -2.30. The van der Waals surface area contributed by atoms with E-state index in [-0.39, 0.29) is 0 Å². The highest BCUT2D eigenvalue weighted by atomic mass is 16.5. The van der Waals surface area contributed by atoms with Crippen LogP contribution in [0.3, 0.4) is 0 Å². The molecule has 0 aliphatic rings. The van der Waals surface area contributed by atoms with Gasteiger partial charge >= 0.3 is 5.69 Å². The highest BCUT2D eigenvalue weighted by Crippen LogP contribution is 2.14. The fraction of sp³-hybridized carbons (Fsp3) is 0.167. The highest BCUT2D eigenvalue weighted by Gasteiger charge is 1.98. The van der Waals surface area contributed by atoms with E-state index in [0.717, 1.165) is 0 Å². The molecule has 0 radical (unpaired) electrons. The van der Waals surface area contributed by atoms with Crippen LogP contribution in [0.2, 0.25) is 0 Å². The molecule has 0 saturated heterocycles. The Morgan fingerprint density at radius 3 is 2.83 bits per heavy atom. The Bertz CT molecular complexity index is 645. The summed E-state index contributed by atoms with van der Waals surface area (Å²) >= 11 is 0. The minimum Gasteiger partial charge on any atom is -0.492 e. The van der Waals surface area contributed by atoms with E-state index in [1.54, 1.807) is 24.3 Å². The molecule has 0 amide bonds. The molecule has 1 heterocycles. The summed E-state index contributed by atoms with van der Waals surface area (Å²) in [5.74, 6) is 0.646. The number of aromatic nitrogens is 2. The first-order chi connectivity index (χ1) is 8.65. The van der Waals surface area contributed by atoms with Crippen molar-refractivity contribution < 1.29 is 4.74 Å². The predicted octanol–water partition coefficient (Wildman–Crippen LogP) is 0.198. The molecule has 2 aromatic rings. The summed E-state index contributed by atoms with van der Waals surface area (Å²) in [6.07, 6.45) is 1.43. The Morgan fingerprint density at radius 1 is 1.28 bits per heavy atom. The summed E-state index contributed by atoms with van der Waals surface area (Å²) in [7, 11) is 0. The second-order valence-corrected chi connectivity index (χ2v) is 3.72. The molecule has 0 fully saturated rings. The number of rotatable bonds is 4. The number of ether oxygens (including phenoxy) is 1. The molecule has 6 heteroatoms. The van der Waals surface area contributed by atoms with Crippen LogP contribution < -0.4 is 21.7 Å². The normalized spacial score (nSPS) is 10.2. The maximum atomic E-state index is 11.4. The summed E-state index contributed by atoms with van der Waals surface area (Å²) in [4.78, 5) is 24.4. The van der Waals surface area contributed by atoms with Gasteiger partial charge in [-0.15, -0.1) is 0 Å². The number of anilines is 1. The van der Waals surface area contributed by atoms with E-state index in [1.165, 1.54) is 16.8 Å². The van der Waals surface area contributed by atoms with Crippen molar-refractivity contribution in [3.05, 3.63) is 57.4 Å². The molecule has 1 aromatic carbocycles. The summed E-state index contributed by atoms with van der Waals surface area (Å²) in [5, 5.41) is 0. The Balaban J connectivity index is 1.96. The minimum absolute atomic E-state index is 0.315. The molecule has 1 aromatic heterocycles. The van der Waals surface area contributed by atoms with Gasteiger partial charge < -0.3 is 10.5 Å². The van der Waals surface area contributed by atoms with Crippen molar-refractivity contribution in [2.24, 2.45) is 0 Å². The summed E-state index contributed by atoms with van der Waals surface area (Å²) in [6, 6.07) is 8.33. The molecule has 0 unspecified atom stereocenters. The van der Waals surface area contributed by atoms with Gasteiger partial charge in [-0.05, 0) is 12.1 Å². The van der Waals surface area contributed by atoms with E-state index in [1.807, 2.05) is 0 Å². The quantitative estimate of drug-likeness (QED) is 0.755. The van der Waals surface area contributed by atoms with Crippen LogP contribution in [0.25, 0.3) is 0 Å². The number of aromatic amines is 1. The number of nitrogens with zero attached hydrogens (tertiary/aromatic N) is 1. The van der Waals surface area contributed by atoms with Gasteiger partial charge in [0.1, 0.15) is 12.4 Å². The SMILES string of the molecule is Nc1cccc(OCCn2ccc(=O)[nH]c2=O)c1. The van der Waals surface area contributed by atoms with E-state index < -0.39 is 11.2 Å². The zero-order valence-electron chi connectivity index (χ0n) is 9.63. The lowest BCUT2D eigenvalue weighted by atomic mass is 10.3. The van der Waals surface area contributed by atoms with Crippen molar-refractivity contribution in [1.29, 1.82) is 0 Å². The smallest absolute Gasteiger partial charge is 0.328 e. The Labute approximate surface area is 103 Å². The van der Waals surface area contributed by atoms with Crippen LogP contribution in [-0.2, 0) is 6.54 Å². The Hall–Kier alpha value is -2.50. The topological polar surface area (TPSA) is 90.1 Å². The molecule has 3 N–H and O–H groups in total. The van der Waals surface area contributed by atoms with Crippen LogP contribution >= 0.6 is 0 Å². The molecule has 2 rings (SSSR count). The number of nitrogens with two attached hydrogens (primary N) is 1. The molecule has 18 heavy (non-hydrogen) atoms. The molecule has 0 saturated carbocycles. The van der Waals surface area contributed by atoms with Crippen molar-refractivity contribution in [1.82, 2.24) is 9.55 Å². The number of benzene rings is 1. The molecule has 0 aliphatic carbocycles. The zero-order chi connectivity index (χ0) is 13.0. The van der Waals surface area contributed by atoms with Gasteiger partial charge in [0.05, 0.1) is 6.54 Å². The number of hydrogen-bond acceptors (Lipinski definition) is 4. The zero-order valence-corrected chi connectivity index (χ0v) is 9.63. The maximum Gasteiger partial charge on any atom is 0.328 e. The first-order valence-corrected chi connectivity index (χ1v) is 5.43. The third kappa shape index (κ3) is 3.00. The lowest BCUT2D eigenvalue weighted by Gasteiger charge is -2.07. The van der Waals surface area contributed by atoms with E-state index in [0.29, 0.717) is 24.6 Å². The first kappa shape index (κ1) is 12.0. The summed E-state index contributed by atoms with van der Waals surface area (Å²) in [6.45, 7) is 0.666. The van der Waals surface area contributed by atoms with Gasteiger partial charge in [0.2, 0.25) is 0 Å². The molecule has 0 bridgehead atoms. The first-order valence-electron chi connectivity index (χ1n) is 5.43. The third-order valence-corrected chi connectivity index (χ3v) is 2.36. The van der Waals surface area contributed by atoms with Crippen LogP contribution in [0.5, 0.6) is 5.75 Å². The van der Waals surface area contributed by atoms with Gasteiger partial charge in [0.25, 0.3) is 5.56 Å². The molecule has 0 aliphatic heterocycles. The van der Waals surface area contributed by atoms with Gasteiger partial charge in [-0.25, -0.2) is 4.79 Å². The van der Waals surface area contributed by atoms with Crippen molar-refractivity contribution in [3.8, 4) is 5.75 Å². The number of H-pyrrole nitrogens is 1. The fourth-order valence-corrected chi connectivity index (χ4v) is 1.49. The van der Waals surface area contributed by atoms with Gasteiger partial charge in [-0.1, -0.05) is 6.07 Å². The molecule has 94 valence electrons. The van der Waals surface area contributed by atoms with Gasteiger partial charge in [-0.2, -0.15) is 0 Å². The lowest BCUT2D eigenvalue weighted by molar-refractivity contribution is 0.295. The number of hydrogen-bond donors (Lipinski definition) is 2. The van der Waals surface area contributed by atoms with Crippen molar-refractivity contribution >= 4 is 5.69 Å². The summed E-state index contributed by atoms with van der Waals surface area (Å²) < 4.78 is 6.81. The highest BCUT2D eigenvalue weighted by molar-refractivity contribution is 5.43. The fourth-order valence-electron chi connectivity index (χ4n) is 1.49. The van der Waals surface area contributed by atoms with Gasteiger partial charge in [0, 0.05) is 24.0 Å². The molecular formula is C12H13N3O3. The van der Waals surface area contributed by atoms with Crippen LogP contribution in [0.4, 0.5) is 5.69 Å². The van der Waals surface area contributed by atoms with Gasteiger partial charge in [-0.3, -0.25) is 14.3 Å². The van der Waals surface area contributed by atoms with E-state index >= 15 is 0 Å². The van der Waals surface area contributed by atoms with Crippen molar-refractivity contribution in [2.45, 2.75) is 6.54 Å². The molecule has 0 spiro atoms. The second-order valence-electron chi connectivity index (χ2n) is 3.72. The predicted molar refractivity (Wildman–Crippen MR) is 67.7 cm³/mol. The van der Waals surface area contributed by atoms with Crippen LogP contribution in [0, 0.1) is 0 Å². The molecule has 0 atom stereocenters. The van der Waals surface area contributed by atoms with E-state index in [9.17, 15) is 9.59 Å². The molecular weight excluding hydrogens is 234 g/mol. The average Bonchev–Trinajstić information content (AvgIpc) is 2.32. The largest absolute Gasteiger partial charge is 0.492 e. The van der Waals surface area contributed by atoms with Gasteiger partial charge in [0.15, 0.2) is 0 Å². The monoisotopic (exact) mass is 247 g/mol. The Kier molecular flexibility index (Phi) is 3.47. The van der Waals surface area contributed by atoms with Crippen LogP contribution in [-0.4, -0.2) is 16.2 Å². The van der Waals surface area contributed by atoms with Crippen molar-refractivity contribution in [3.63, 3.8) is 0 Å². The van der Waals surface area contributed by atoms with Crippen LogP contribution in [0.15, 0.2) is 46.1 Å². The van der Waals surface area contributed by atoms with E-state index in [2.05, 4.69) is 4.98 Å². The standard InChI is InChI=1S/C12H13N3O3/c13-9-2-1-3-10(8-9)18-7-6-15-5-4-11(16)14-12(15)17/h1-5,8H,6-7,13H2,(H,14,16,17). The second kappa shape index (κ2) is 5.22. The number of nitrogens with one attached hydrogen (secondary N) is 1. The Morgan fingerprint density at radius 2 is 2.11 bits per heavy atom. The van der Waals surface area contributed by atoms with Crippen LogP contribution in [0.1, 0.15) is 0 Å². The van der Waals surface area contributed by atoms with Crippen molar-refractivity contribution in [2.75, 3.05) is 12.3 Å². The number of nitrogen functional groups attached to an aromatic ring is 1. The minimum atomic E-state index is -0.446. The summed E-state index contributed by atoms with van der Waals surface area (Å²) in [5.41, 5.74) is 5.37. The third-order valence-electron chi connectivity index (χ3n) is 2.36. The van der Waals surface area contributed by atoms with E-state index in [4.69, 9.17) is 10.5 Å². The maximum absolute atomic E-state index is 11.4.